The second-order valence-corrected chi connectivity index (χ2v) is 3.67. The fourth-order valence-electron chi connectivity index (χ4n) is 0.994. The van der Waals surface area contributed by atoms with Crippen molar-refractivity contribution in [3.63, 3.8) is 0 Å². The van der Waals surface area contributed by atoms with Crippen molar-refractivity contribution in [2.75, 3.05) is 0 Å². The van der Waals surface area contributed by atoms with Gasteiger partial charge in [0.2, 0.25) is 0 Å². The van der Waals surface area contributed by atoms with E-state index in [-0.39, 0.29) is 20.4 Å². The molecule has 14 heavy (non-hydrogen) atoms. The van der Waals surface area contributed by atoms with Gasteiger partial charge in [-0.05, 0) is 29.5 Å². The number of hydrogen-bond donors (Lipinski definition) is 1. The van der Waals surface area contributed by atoms with Gasteiger partial charge in [-0.25, -0.2) is 13.6 Å². The van der Waals surface area contributed by atoms with Crippen LogP contribution in [0.15, 0.2) is 6.20 Å². The molecule has 0 spiro atoms. The quantitative estimate of drug-likeness (QED) is 0.854. The molecule has 0 bridgehead atoms. The Morgan fingerprint density at radius 1 is 1.64 bits per heavy atom. The minimum absolute atomic E-state index is 0.0533. The highest BCUT2D eigenvalue weighted by atomic mass is 127. The van der Waals surface area contributed by atoms with Crippen LogP contribution >= 0.6 is 22.6 Å². The number of alkyl halides is 2. The highest BCUT2D eigenvalue weighted by molar-refractivity contribution is 14.1. The number of halogens is 3. The molecule has 0 atom stereocenters. The van der Waals surface area contributed by atoms with Crippen LogP contribution in [0.4, 0.5) is 8.78 Å². The molecule has 76 valence electrons. The molecule has 0 unspecified atom stereocenters. The molecule has 1 aromatic rings. The lowest BCUT2D eigenvalue weighted by molar-refractivity contribution is 0.0694. The van der Waals surface area contributed by atoms with Crippen molar-refractivity contribution >= 4 is 28.6 Å². The third kappa shape index (κ3) is 1.99. The summed E-state index contributed by atoms with van der Waals surface area (Å²) in [5, 5.41) is 8.67. The summed E-state index contributed by atoms with van der Waals surface area (Å²) in [5.41, 5.74) is -0.327. The van der Waals surface area contributed by atoms with Gasteiger partial charge in [0.15, 0.2) is 0 Å². The topological polar surface area (TPSA) is 50.2 Å². The number of carboxylic acids is 1. The van der Waals surface area contributed by atoms with Crippen LogP contribution in [-0.2, 0) is 0 Å². The predicted molar refractivity (Wildman–Crippen MR) is 53.6 cm³/mol. The van der Waals surface area contributed by atoms with Crippen LogP contribution < -0.4 is 0 Å². The van der Waals surface area contributed by atoms with Gasteiger partial charge in [-0.1, -0.05) is 0 Å². The van der Waals surface area contributed by atoms with Gasteiger partial charge in [-0.2, -0.15) is 0 Å². The Labute approximate surface area is 92.3 Å². The van der Waals surface area contributed by atoms with E-state index in [1.165, 1.54) is 6.92 Å². The van der Waals surface area contributed by atoms with Gasteiger partial charge in [0, 0.05) is 15.5 Å². The molecule has 0 saturated heterocycles. The summed E-state index contributed by atoms with van der Waals surface area (Å²) in [5.74, 6) is -1.25. The van der Waals surface area contributed by atoms with Crippen molar-refractivity contribution in [3.05, 3.63) is 26.6 Å². The normalized spacial score (nSPS) is 10.6. The second-order valence-electron chi connectivity index (χ2n) is 2.59. The fourth-order valence-corrected chi connectivity index (χ4v) is 1.99. The third-order valence-corrected chi connectivity index (χ3v) is 2.86. The fraction of sp³-hybridized carbons (Fsp3) is 0.250. The molecule has 1 heterocycles. The number of aromatic nitrogens is 1. The molecule has 0 fully saturated rings. The standard InChI is InChI=1S/C8H6F2INO2/c1-3-5(7(9)10)6(11)4(2-12-3)8(13)14/h2,7H,1H3,(H,13,14). The van der Waals surface area contributed by atoms with Gasteiger partial charge in [-0.3, -0.25) is 4.98 Å². The smallest absolute Gasteiger partial charge is 0.338 e. The number of nitrogens with zero attached hydrogens (tertiary/aromatic N) is 1. The van der Waals surface area contributed by atoms with E-state index in [2.05, 4.69) is 4.98 Å². The molecule has 6 heteroatoms. The monoisotopic (exact) mass is 313 g/mol. The minimum Gasteiger partial charge on any atom is -0.478 e. The highest BCUT2D eigenvalue weighted by Crippen LogP contribution is 2.28. The molecule has 1 N–H and O–H groups in total. The van der Waals surface area contributed by atoms with Gasteiger partial charge in [-0.15, -0.1) is 0 Å². The van der Waals surface area contributed by atoms with Crippen LogP contribution in [0, 0.1) is 10.5 Å². The third-order valence-electron chi connectivity index (χ3n) is 1.70. The Morgan fingerprint density at radius 2 is 2.21 bits per heavy atom. The van der Waals surface area contributed by atoms with Crippen LogP contribution in [0.25, 0.3) is 0 Å². The number of pyridine rings is 1. The molecule has 0 aromatic carbocycles. The first-order chi connectivity index (χ1) is 6.45. The Balaban J connectivity index is 3.41. The van der Waals surface area contributed by atoms with E-state index < -0.39 is 12.4 Å². The summed E-state index contributed by atoms with van der Waals surface area (Å²) in [6.45, 7) is 1.43. The molecule has 0 saturated carbocycles. The molecule has 0 aliphatic rings. The lowest BCUT2D eigenvalue weighted by atomic mass is 10.1. The zero-order chi connectivity index (χ0) is 10.9. The van der Waals surface area contributed by atoms with E-state index in [0.29, 0.717) is 0 Å². The van der Waals surface area contributed by atoms with Crippen molar-refractivity contribution in [3.8, 4) is 0 Å². The first-order valence-corrected chi connectivity index (χ1v) is 4.69. The van der Waals surface area contributed by atoms with Gasteiger partial charge in [0.1, 0.15) is 0 Å². The maximum Gasteiger partial charge on any atom is 0.338 e. The molecular formula is C8H6F2INO2. The molecule has 3 nitrogen and oxygen atoms in total. The van der Waals surface area contributed by atoms with E-state index in [1.54, 1.807) is 22.6 Å². The summed E-state index contributed by atoms with van der Waals surface area (Å²) < 4.78 is 25.0. The molecule has 0 radical (unpaired) electrons. The SMILES string of the molecule is Cc1ncc(C(=O)O)c(I)c1C(F)F. The Morgan fingerprint density at radius 3 is 2.64 bits per heavy atom. The minimum atomic E-state index is -2.70. The second kappa shape index (κ2) is 4.16. The lowest BCUT2D eigenvalue weighted by Gasteiger charge is -2.08. The number of carboxylic acid groups (broad SMARTS) is 1. The van der Waals surface area contributed by atoms with Crippen molar-refractivity contribution in [2.24, 2.45) is 0 Å². The van der Waals surface area contributed by atoms with Crippen LogP contribution in [0.1, 0.15) is 28.0 Å². The average molecular weight is 313 g/mol. The maximum absolute atomic E-state index is 12.5. The van der Waals surface area contributed by atoms with Crippen molar-refractivity contribution in [1.82, 2.24) is 4.98 Å². The first kappa shape index (κ1) is 11.3. The van der Waals surface area contributed by atoms with Gasteiger partial charge >= 0.3 is 5.97 Å². The van der Waals surface area contributed by atoms with E-state index in [1.807, 2.05) is 0 Å². The van der Waals surface area contributed by atoms with Crippen LogP contribution in [-0.4, -0.2) is 16.1 Å². The Kier molecular flexibility index (Phi) is 3.35. The molecule has 0 aliphatic carbocycles. The van der Waals surface area contributed by atoms with E-state index in [0.717, 1.165) is 6.20 Å². The first-order valence-electron chi connectivity index (χ1n) is 3.61. The van der Waals surface area contributed by atoms with Crippen molar-refractivity contribution in [1.29, 1.82) is 0 Å². The summed E-state index contributed by atoms with van der Waals surface area (Å²) >= 11 is 1.60. The zero-order valence-electron chi connectivity index (χ0n) is 7.09. The van der Waals surface area contributed by atoms with E-state index in [4.69, 9.17) is 5.11 Å². The predicted octanol–water partition coefficient (Wildman–Crippen LogP) is 2.63. The van der Waals surface area contributed by atoms with Crippen LogP contribution in [0.5, 0.6) is 0 Å². The zero-order valence-corrected chi connectivity index (χ0v) is 9.25. The number of hydrogen-bond acceptors (Lipinski definition) is 2. The van der Waals surface area contributed by atoms with Gasteiger partial charge < -0.3 is 5.11 Å². The number of rotatable bonds is 2. The molecule has 0 aliphatic heterocycles. The molecule has 0 amide bonds. The highest BCUT2D eigenvalue weighted by Gasteiger charge is 2.21. The molecule has 1 aromatic heterocycles. The largest absolute Gasteiger partial charge is 0.478 e. The molecular weight excluding hydrogens is 307 g/mol. The Hall–Kier alpha value is -0.790. The average Bonchev–Trinajstić information content (AvgIpc) is 2.02. The number of aromatic carboxylic acids is 1. The van der Waals surface area contributed by atoms with Crippen molar-refractivity contribution in [2.45, 2.75) is 13.3 Å². The van der Waals surface area contributed by atoms with Crippen molar-refractivity contribution < 1.29 is 18.7 Å². The van der Waals surface area contributed by atoms with Crippen LogP contribution in [0.2, 0.25) is 0 Å². The summed E-state index contributed by atoms with van der Waals surface area (Å²) in [7, 11) is 0. The number of aryl methyl sites for hydroxylation is 1. The molecule has 1 rings (SSSR count). The van der Waals surface area contributed by atoms with Gasteiger partial charge in [0.05, 0.1) is 11.1 Å². The van der Waals surface area contributed by atoms with E-state index >= 15 is 0 Å². The number of carbonyl (C=O) groups is 1. The Bertz CT molecular complexity index is 382. The summed E-state index contributed by atoms with van der Waals surface area (Å²) in [6.07, 6.45) is -1.61. The summed E-state index contributed by atoms with van der Waals surface area (Å²) in [6, 6.07) is 0. The summed E-state index contributed by atoms with van der Waals surface area (Å²) in [4.78, 5) is 14.2. The van der Waals surface area contributed by atoms with E-state index in [9.17, 15) is 13.6 Å². The lowest BCUT2D eigenvalue weighted by Crippen LogP contribution is -2.07. The maximum atomic E-state index is 12.5. The van der Waals surface area contributed by atoms with Gasteiger partial charge in [0.25, 0.3) is 6.43 Å². The van der Waals surface area contributed by atoms with Crippen LogP contribution in [0.3, 0.4) is 0 Å².